The average Bonchev–Trinajstić information content (AvgIpc) is 2.67. The molecule has 0 spiro atoms. The zero-order valence-electron chi connectivity index (χ0n) is 15.5. The van der Waals surface area contributed by atoms with E-state index in [1.807, 2.05) is 17.0 Å². The van der Waals surface area contributed by atoms with Crippen LogP contribution in [0.5, 0.6) is 0 Å². The van der Waals surface area contributed by atoms with Gasteiger partial charge in [0.15, 0.2) is 0 Å². The Morgan fingerprint density at radius 3 is 2.42 bits per heavy atom. The molecule has 0 aliphatic carbocycles. The van der Waals surface area contributed by atoms with Crippen molar-refractivity contribution in [2.75, 3.05) is 19.6 Å². The molecule has 1 aromatic carbocycles. The van der Waals surface area contributed by atoms with Crippen molar-refractivity contribution in [2.45, 2.75) is 51.6 Å². The molecule has 2 N–H and O–H groups in total. The van der Waals surface area contributed by atoms with Gasteiger partial charge in [0.05, 0.1) is 6.04 Å². The van der Waals surface area contributed by atoms with Gasteiger partial charge in [-0.2, -0.15) is 0 Å². The number of nitrogens with zero attached hydrogens (tertiary/aromatic N) is 1. The highest BCUT2D eigenvalue weighted by molar-refractivity contribution is 5.85. The lowest BCUT2D eigenvalue weighted by molar-refractivity contribution is -0.137. The normalized spacial score (nSPS) is 21.0. The van der Waals surface area contributed by atoms with Crippen LogP contribution in [0.2, 0.25) is 0 Å². The van der Waals surface area contributed by atoms with Crippen LogP contribution in [-0.2, 0) is 16.1 Å². The minimum atomic E-state index is -0.0133. The van der Waals surface area contributed by atoms with Gasteiger partial charge in [0.1, 0.15) is 0 Å². The average molecular weight is 380 g/mol. The zero-order valence-corrected chi connectivity index (χ0v) is 16.3. The number of amides is 2. The van der Waals surface area contributed by atoms with Crippen LogP contribution in [0.15, 0.2) is 24.3 Å². The summed E-state index contributed by atoms with van der Waals surface area (Å²) in [5, 5.41) is 6.36. The third-order valence-electron chi connectivity index (χ3n) is 5.37. The summed E-state index contributed by atoms with van der Waals surface area (Å²) in [7, 11) is 0. The van der Waals surface area contributed by atoms with Gasteiger partial charge in [-0.1, -0.05) is 36.2 Å². The van der Waals surface area contributed by atoms with Gasteiger partial charge in [-0.25, -0.2) is 0 Å². The van der Waals surface area contributed by atoms with Crippen molar-refractivity contribution in [1.82, 2.24) is 15.5 Å². The minimum Gasteiger partial charge on any atom is -0.352 e. The number of nitrogens with one attached hydrogen (secondary N) is 2. The highest BCUT2D eigenvalue weighted by atomic mass is 35.5. The van der Waals surface area contributed by atoms with Crippen molar-refractivity contribution in [3.05, 3.63) is 35.4 Å². The fourth-order valence-electron chi connectivity index (χ4n) is 3.68. The summed E-state index contributed by atoms with van der Waals surface area (Å²) < 4.78 is 0. The predicted molar refractivity (Wildman–Crippen MR) is 105 cm³/mol. The zero-order chi connectivity index (χ0) is 17.6. The summed E-state index contributed by atoms with van der Waals surface area (Å²) in [5.41, 5.74) is 2.34. The predicted octanol–water partition coefficient (Wildman–Crippen LogP) is 2.41. The Bertz CT molecular complexity index is 592. The van der Waals surface area contributed by atoms with Gasteiger partial charge in [-0.15, -0.1) is 12.4 Å². The van der Waals surface area contributed by atoms with Crippen molar-refractivity contribution in [1.29, 1.82) is 0 Å². The minimum absolute atomic E-state index is 0. The van der Waals surface area contributed by atoms with Crippen LogP contribution < -0.4 is 10.6 Å². The highest BCUT2D eigenvalue weighted by Crippen LogP contribution is 2.20. The lowest BCUT2D eigenvalue weighted by atomic mass is 9.94. The molecule has 1 aromatic rings. The number of halogens is 1. The number of likely N-dealkylation sites (tertiary alicyclic amines) is 1. The van der Waals surface area contributed by atoms with Crippen molar-refractivity contribution >= 4 is 24.2 Å². The van der Waals surface area contributed by atoms with Crippen LogP contribution in [0.3, 0.4) is 0 Å². The molecule has 5 nitrogen and oxygen atoms in total. The lowest BCUT2D eigenvalue weighted by Crippen LogP contribution is -2.51. The van der Waals surface area contributed by atoms with Crippen LogP contribution >= 0.6 is 12.4 Å². The summed E-state index contributed by atoms with van der Waals surface area (Å²) in [6.45, 7) is 4.96. The molecule has 2 heterocycles. The number of hydrogen-bond donors (Lipinski definition) is 2. The van der Waals surface area contributed by atoms with Gasteiger partial charge in [-0.3, -0.25) is 9.59 Å². The molecule has 0 bridgehead atoms. The molecule has 144 valence electrons. The van der Waals surface area contributed by atoms with E-state index in [-0.39, 0.29) is 36.2 Å². The van der Waals surface area contributed by atoms with E-state index < -0.39 is 0 Å². The molecule has 1 atom stereocenters. The van der Waals surface area contributed by atoms with Gasteiger partial charge in [-0.05, 0) is 44.7 Å². The number of carbonyl (C=O) groups is 2. The molecule has 2 amide bonds. The third kappa shape index (κ3) is 5.45. The number of piperidine rings is 2. The fourth-order valence-corrected chi connectivity index (χ4v) is 3.68. The quantitative estimate of drug-likeness (QED) is 0.844. The molecule has 26 heavy (non-hydrogen) atoms. The highest BCUT2D eigenvalue weighted by Gasteiger charge is 2.31. The molecular weight excluding hydrogens is 350 g/mol. The molecule has 0 aromatic heterocycles. The summed E-state index contributed by atoms with van der Waals surface area (Å²) in [6, 6.07) is 8.21. The number of aryl methyl sites for hydroxylation is 1. The Kier molecular flexibility index (Phi) is 7.91. The van der Waals surface area contributed by atoms with E-state index in [9.17, 15) is 9.59 Å². The first-order valence-corrected chi connectivity index (χ1v) is 9.49. The molecule has 6 heteroatoms. The van der Waals surface area contributed by atoms with E-state index in [1.54, 1.807) is 0 Å². The van der Waals surface area contributed by atoms with E-state index in [0.717, 1.165) is 44.2 Å². The summed E-state index contributed by atoms with van der Waals surface area (Å²) in [6.07, 6.45) is 4.75. The topological polar surface area (TPSA) is 61.4 Å². The Balaban J connectivity index is 0.00000243. The van der Waals surface area contributed by atoms with E-state index in [1.165, 1.54) is 5.56 Å². The van der Waals surface area contributed by atoms with Gasteiger partial charge < -0.3 is 15.5 Å². The van der Waals surface area contributed by atoms with Crippen molar-refractivity contribution in [3.8, 4) is 0 Å². The fraction of sp³-hybridized carbons (Fsp3) is 0.600. The standard InChI is InChI=1S/C20H29N3O2.ClH/c1-15-5-7-16(8-6-15)14-22-19(24)17-9-12-23(13-10-17)20(25)18-4-2-3-11-21-18;/h5-8,17-18,21H,2-4,9-14H2,1H3,(H,22,24);1H. The molecule has 2 aliphatic rings. The molecule has 1 unspecified atom stereocenters. The van der Waals surface area contributed by atoms with Gasteiger partial charge in [0.25, 0.3) is 0 Å². The van der Waals surface area contributed by atoms with Crippen LogP contribution in [0.4, 0.5) is 0 Å². The second kappa shape index (κ2) is 9.93. The smallest absolute Gasteiger partial charge is 0.239 e. The Morgan fingerprint density at radius 2 is 1.81 bits per heavy atom. The van der Waals surface area contributed by atoms with E-state index in [0.29, 0.717) is 19.6 Å². The maximum Gasteiger partial charge on any atom is 0.239 e. The molecule has 0 radical (unpaired) electrons. The number of rotatable bonds is 4. The molecular formula is C20H30ClN3O2. The SMILES string of the molecule is Cc1ccc(CNC(=O)C2CCN(C(=O)C3CCCCN3)CC2)cc1.Cl. The second-order valence-electron chi connectivity index (χ2n) is 7.31. The van der Waals surface area contributed by atoms with Crippen molar-refractivity contribution in [3.63, 3.8) is 0 Å². The maximum atomic E-state index is 12.5. The van der Waals surface area contributed by atoms with Crippen LogP contribution in [0.25, 0.3) is 0 Å². The Morgan fingerprint density at radius 1 is 1.12 bits per heavy atom. The first kappa shape index (κ1) is 20.7. The van der Waals surface area contributed by atoms with Gasteiger partial charge in [0.2, 0.25) is 11.8 Å². The third-order valence-corrected chi connectivity index (χ3v) is 5.37. The number of hydrogen-bond acceptors (Lipinski definition) is 3. The second-order valence-corrected chi connectivity index (χ2v) is 7.31. The van der Waals surface area contributed by atoms with Crippen molar-refractivity contribution in [2.24, 2.45) is 5.92 Å². The monoisotopic (exact) mass is 379 g/mol. The van der Waals surface area contributed by atoms with E-state index >= 15 is 0 Å². The van der Waals surface area contributed by atoms with Crippen molar-refractivity contribution < 1.29 is 9.59 Å². The molecule has 2 fully saturated rings. The largest absolute Gasteiger partial charge is 0.352 e. The molecule has 0 saturated carbocycles. The summed E-state index contributed by atoms with van der Waals surface area (Å²) in [5.74, 6) is 0.357. The van der Waals surface area contributed by atoms with E-state index in [4.69, 9.17) is 0 Å². The van der Waals surface area contributed by atoms with Crippen LogP contribution in [0.1, 0.15) is 43.2 Å². The first-order valence-electron chi connectivity index (χ1n) is 9.49. The summed E-state index contributed by atoms with van der Waals surface area (Å²) in [4.78, 5) is 26.9. The Hall–Kier alpha value is -1.59. The lowest BCUT2D eigenvalue weighted by Gasteiger charge is -2.35. The first-order chi connectivity index (χ1) is 12.1. The summed E-state index contributed by atoms with van der Waals surface area (Å²) >= 11 is 0. The van der Waals surface area contributed by atoms with Crippen LogP contribution in [-0.4, -0.2) is 42.4 Å². The number of carbonyl (C=O) groups excluding carboxylic acids is 2. The van der Waals surface area contributed by atoms with Crippen LogP contribution in [0, 0.1) is 12.8 Å². The van der Waals surface area contributed by atoms with Gasteiger partial charge in [0, 0.05) is 25.6 Å². The Labute approximate surface area is 162 Å². The number of benzene rings is 1. The van der Waals surface area contributed by atoms with Gasteiger partial charge >= 0.3 is 0 Å². The van der Waals surface area contributed by atoms with E-state index in [2.05, 4.69) is 29.7 Å². The molecule has 2 saturated heterocycles. The molecule has 2 aliphatic heterocycles. The molecule has 3 rings (SSSR count). The maximum absolute atomic E-state index is 12.5.